The fraction of sp³-hybridized carbons (Fsp3) is 0.462. The third-order valence-electron chi connectivity index (χ3n) is 3.34. The first-order chi connectivity index (χ1) is 8.49. The Morgan fingerprint density at radius 2 is 2.11 bits per heavy atom. The lowest BCUT2D eigenvalue weighted by atomic mass is 9.86. The molecular formula is C13H17NO3S. The zero-order chi connectivity index (χ0) is 13.2. The summed E-state index contributed by atoms with van der Waals surface area (Å²) in [7, 11) is -3.49. The number of hydrogen-bond acceptors (Lipinski definition) is 3. The number of benzene rings is 1. The van der Waals surface area contributed by atoms with E-state index < -0.39 is 10.0 Å². The summed E-state index contributed by atoms with van der Waals surface area (Å²) >= 11 is 0. The van der Waals surface area contributed by atoms with Crippen molar-refractivity contribution in [2.24, 2.45) is 5.92 Å². The van der Waals surface area contributed by atoms with Gasteiger partial charge in [0.2, 0.25) is 10.0 Å². The minimum Gasteiger partial charge on any atom is -0.295 e. The second-order valence-corrected chi connectivity index (χ2v) is 6.50. The average molecular weight is 267 g/mol. The van der Waals surface area contributed by atoms with E-state index in [-0.39, 0.29) is 10.7 Å². The van der Waals surface area contributed by atoms with Gasteiger partial charge in [-0.05, 0) is 37.8 Å². The van der Waals surface area contributed by atoms with Gasteiger partial charge in [0.15, 0.2) is 5.78 Å². The third kappa shape index (κ3) is 2.97. The van der Waals surface area contributed by atoms with Gasteiger partial charge in [-0.15, -0.1) is 0 Å². The van der Waals surface area contributed by atoms with E-state index in [0.717, 1.165) is 12.8 Å². The second kappa shape index (κ2) is 5.20. The molecule has 1 aromatic rings. The number of carbonyl (C=O) groups is 1. The van der Waals surface area contributed by atoms with Gasteiger partial charge in [-0.1, -0.05) is 18.6 Å². The number of nitrogens with one attached hydrogen (secondary N) is 1. The molecule has 1 aliphatic rings. The highest BCUT2D eigenvalue weighted by Gasteiger charge is 2.21. The fourth-order valence-corrected chi connectivity index (χ4v) is 3.05. The summed E-state index contributed by atoms with van der Waals surface area (Å²) in [6.07, 6.45) is 3.37. The molecule has 98 valence electrons. The van der Waals surface area contributed by atoms with Crippen LogP contribution in [0, 0.1) is 5.92 Å². The molecule has 0 saturated heterocycles. The lowest BCUT2D eigenvalue weighted by Gasteiger charge is -2.25. The molecule has 1 aromatic carbocycles. The van der Waals surface area contributed by atoms with Gasteiger partial charge in [0.25, 0.3) is 0 Å². The summed E-state index contributed by atoms with van der Waals surface area (Å²) in [4.78, 5) is 11.4. The molecule has 4 nitrogen and oxygen atoms in total. The summed E-state index contributed by atoms with van der Waals surface area (Å²) in [5.74, 6) is 0.335. The van der Waals surface area contributed by atoms with Gasteiger partial charge in [0.1, 0.15) is 0 Å². The number of carbonyl (C=O) groups excluding carboxylic acids is 1. The average Bonchev–Trinajstić information content (AvgIpc) is 2.27. The third-order valence-corrected chi connectivity index (χ3v) is 4.76. The van der Waals surface area contributed by atoms with Crippen LogP contribution in [0.2, 0.25) is 0 Å². The molecule has 18 heavy (non-hydrogen) atoms. The Balaban J connectivity index is 2.12. The molecule has 0 heterocycles. The number of sulfonamides is 1. The molecule has 1 N–H and O–H groups in total. The first-order valence-electron chi connectivity index (χ1n) is 6.10. The van der Waals surface area contributed by atoms with Crippen molar-refractivity contribution >= 4 is 15.8 Å². The first-order valence-corrected chi connectivity index (χ1v) is 7.58. The van der Waals surface area contributed by atoms with E-state index in [4.69, 9.17) is 0 Å². The molecule has 1 saturated carbocycles. The molecular weight excluding hydrogens is 250 g/mol. The van der Waals surface area contributed by atoms with Crippen LogP contribution in [0.25, 0.3) is 0 Å². The smallest absolute Gasteiger partial charge is 0.240 e. The Morgan fingerprint density at radius 1 is 1.39 bits per heavy atom. The summed E-state index contributed by atoms with van der Waals surface area (Å²) in [6.45, 7) is 1.92. The monoisotopic (exact) mass is 267 g/mol. The number of rotatable bonds is 5. The quantitative estimate of drug-likeness (QED) is 0.830. The maximum absolute atomic E-state index is 12.0. The van der Waals surface area contributed by atoms with Gasteiger partial charge in [0, 0.05) is 12.1 Å². The molecule has 0 bridgehead atoms. The minimum absolute atomic E-state index is 0.133. The van der Waals surface area contributed by atoms with Crippen molar-refractivity contribution < 1.29 is 13.2 Å². The zero-order valence-electron chi connectivity index (χ0n) is 10.3. The number of ketones is 1. The highest BCUT2D eigenvalue weighted by atomic mass is 32.2. The fourth-order valence-electron chi connectivity index (χ4n) is 1.89. The Kier molecular flexibility index (Phi) is 3.82. The Labute approximate surface area is 107 Å². The summed E-state index contributed by atoms with van der Waals surface area (Å²) in [5.41, 5.74) is 0.418. The maximum atomic E-state index is 12.0. The van der Waals surface area contributed by atoms with Gasteiger partial charge in [-0.3, -0.25) is 4.79 Å². The van der Waals surface area contributed by atoms with Crippen molar-refractivity contribution in [1.82, 2.24) is 4.72 Å². The topological polar surface area (TPSA) is 63.2 Å². The van der Waals surface area contributed by atoms with Crippen LogP contribution >= 0.6 is 0 Å². The number of hydrogen-bond donors (Lipinski definition) is 1. The van der Waals surface area contributed by atoms with Gasteiger partial charge < -0.3 is 0 Å². The van der Waals surface area contributed by atoms with Crippen LogP contribution in [0.1, 0.15) is 36.5 Å². The molecule has 1 aliphatic carbocycles. The predicted molar refractivity (Wildman–Crippen MR) is 69.0 cm³/mol. The van der Waals surface area contributed by atoms with Crippen LogP contribution in [0.5, 0.6) is 0 Å². The van der Waals surface area contributed by atoms with Gasteiger partial charge in [-0.2, -0.15) is 0 Å². The zero-order valence-corrected chi connectivity index (χ0v) is 11.2. The molecule has 0 amide bonds. The van der Waals surface area contributed by atoms with Crippen LogP contribution in [0.3, 0.4) is 0 Å². The van der Waals surface area contributed by atoms with Crippen molar-refractivity contribution in [3.8, 4) is 0 Å². The molecule has 2 rings (SSSR count). The Morgan fingerprint density at radius 3 is 2.67 bits per heavy atom. The highest BCUT2D eigenvalue weighted by molar-refractivity contribution is 7.89. The molecule has 0 spiro atoms. The lowest BCUT2D eigenvalue weighted by molar-refractivity contribution is 0.101. The van der Waals surface area contributed by atoms with E-state index in [1.807, 2.05) is 0 Å². The first kappa shape index (κ1) is 13.2. The second-order valence-electron chi connectivity index (χ2n) is 4.73. The van der Waals surface area contributed by atoms with Crippen LogP contribution in [-0.4, -0.2) is 20.7 Å². The van der Waals surface area contributed by atoms with E-state index in [1.165, 1.54) is 25.5 Å². The molecule has 0 unspecified atom stereocenters. The van der Waals surface area contributed by atoms with Gasteiger partial charge >= 0.3 is 0 Å². The van der Waals surface area contributed by atoms with Crippen molar-refractivity contribution in [3.63, 3.8) is 0 Å². The van der Waals surface area contributed by atoms with Gasteiger partial charge in [0.05, 0.1) is 4.90 Å². The van der Waals surface area contributed by atoms with E-state index >= 15 is 0 Å². The van der Waals surface area contributed by atoms with Crippen molar-refractivity contribution in [3.05, 3.63) is 29.8 Å². The SMILES string of the molecule is CC(=O)c1cccc(S(=O)(=O)NCC2CCC2)c1. The molecule has 5 heteroatoms. The van der Waals surface area contributed by atoms with E-state index in [0.29, 0.717) is 18.0 Å². The molecule has 1 fully saturated rings. The molecule has 0 atom stereocenters. The van der Waals surface area contributed by atoms with Crippen LogP contribution in [0.15, 0.2) is 29.2 Å². The van der Waals surface area contributed by atoms with E-state index in [2.05, 4.69) is 4.72 Å². The lowest BCUT2D eigenvalue weighted by Crippen LogP contribution is -2.32. The summed E-state index contributed by atoms with van der Waals surface area (Å²) in [5, 5.41) is 0. The van der Waals surface area contributed by atoms with Crippen LogP contribution < -0.4 is 4.72 Å². The van der Waals surface area contributed by atoms with Crippen molar-refractivity contribution in [1.29, 1.82) is 0 Å². The standard InChI is InChI=1S/C13H17NO3S/c1-10(15)12-6-3-7-13(8-12)18(16,17)14-9-11-4-2-5-11/h3,6-8,11,14H,2,4-5,9H2,1H3. The molecule has 0 radical (unpaired) electrons. The molecule has 0 aromatic heterocycles. The minimum atomic E-state index is -3.49. The normalized spacial score (nSPS) is 16.3. The Hall–Kier alpha value is -1.20. The highest BCUT2D eigenvalue weighted by Crippen LogP contribution is 2.25. The predicted octanol–water partition coefficient (Wildman–Crippen LogP) is 1.97. The van der Waals surface area contributed by atoms with Crippen molar-refractivity contribution in [2.45, 2.75) is 31.1 Å². The molecule has 0 aliphatic heterocycles. The largest absolute Gasteiger partial charge is 0.295 e. The number of Topliss-reactive ketones (excluding diaryl/α,β-unsaturated/α-hetero) is 1. The van der Waals surface area contributed by atoms with Crippen LogP contribution in [0.4, 0.5) is 0 Å². The summed E-state index contributed by atoms with van der Waals surface area (Å²) in [6, 6.07) is 6.14. The van der Waals surface area contributed by atoms with Crippen molar-refractivity contribution in [2.75, 3.05) is 6.54 Å². The van der Waals surface area contributed by atoms with Crippen LogP contribution in [-0.2, 0) is 10.0 Å². The summed E-state index contributed by atoms with van der Waals surface area (Å²) < 4.78 is 26.7. The maximum Gasteiger partial charge on any atom is 0.240 e. The Bertz CT molecular complexity index is 547. The van der Waals surface area contributed by atoms with E-state index in [1.54, 1.807) is 12.1 Å². The van der Waals surface area contributed by atoms with Gasteiger partial charge in [-0.25, -0.2) is 13.1 Å². The van der Waals surface area contributed by atoms with E-state index in [9.17, 15) is 13.2 Å².